The molecule has 0 unspecified atom stereocenters. The summed E-state index contributed by atoms with van der Waals surface area (Å²) in [5.41, 5.74) is 0.123. The van der Waals surface area contributed by atoms with Crippen LogP contribution >= 0.6 is 0 Å². The molecule has 3 saturated heterocycles. The van der Waals surface area contributed by atoms with E-state index in [9.17, 15) is 0 Å². The van der Waals surface area contributed by atoms with Crippen LogP contribution in [0.15, 0.2) is 0 Å². The normalized spacial score (nSPS) is 48.7. The molecule has 1 saturated carbocycles. The van der Waals surface area contributed by atoms with Crippen LogP contribution in [0.3, 0.4) is 0 Å². The van der Waals surface area contributed by atoms with Crippen LogP contribution in [0.25, 0.3) is 0 Å². The molecule has 3 nitrogen and oxygen atoms in total. The van der Waals surface area contributed by atoms with Crippen LogP contribution < -0.4 is 29.6 Å². The van der Waals surface area contributed by atoms with Gasteiger partial charge in [0.15, 0.2) is 0 Å². The van der Waals surface area contributed by atoms with E-state index in [2.05, 4.69) is 6.92 Å². The fraction of sp³-hybridized carbons (Fsp3) is 1.00. The molecule has 68 valence electrons. The van der Waals surface area contributed by atoms with Gasteiger partial charge in [0.2, 0.25) is 0 Å². The predicted octanol–water partition coefficient (Wildman–Crippen LogP) is -1.82. The van der Waals surface area contributed by atoms with E-state index >= 15 is 0 Å². The van der Waals surface area contributed by atoms with Gasteiger partial charge in [0.25, 0.3) is 0 Å². The zero-order valence-electron chi connectivity index (χ0n) is 8.41. The summed E-state index contributed by atoms with van der Waals surface area (Å²) in [7, 11) is 0. The van der Waals surface area contributed by atoms with Gasteiger partial charge in [-0.1, -0.05) is 25.6 Å². The van der Waals surface area contributed by atoms with Gasteiger partial charge in [-0.3, -0.25) is 0 Å². The van der Waals surface area contributed by atoms with Gasteiger partial charge in [-0.25, -0.2) is 0 Å². The fourth-order valence-corrected chi connectivity index (χ4v) is 2.13. The Morgan fingerprint density at radius 2 is 1.54 bits per heavy atom. The minimum Gasteiger partial charge on any atom is -0.544 e. The predicted molar refractivity (Wildman–Crippen MR) is 44.7 cm³/mol. The van der Waals surface area contributed by atoms with Crippen LogP contribution in [0.1, 0.15) is 19.8 Å². The molecule has 0 spiro atoms. The van der Waals surface area contributed by atoms with Gasteiger partial charge in [0, 0.05) is 25.2 Å². The Labute approximate surface area is 101 Å². The summed E-state index contributed by atoms with van der Waals surface area (Å²) in [6, 6.07) is 0. The minimum atomic E-state index is -1.29. The van der Waals surface area contributed by atoms with Crippen molar-refractivity contribution in [2.24, 2.45) is 5.41 Å². The molecule has 0 radical (unpaired) electrons. The summed E-state index contributed by atoms with van der Waals surface area (Å²) in [6.07, 6.45) is 2.44. The summed E-state index contributed by atoms with van der Waals surface area (Å²) in [5, 5.41) is 0. The first-order valence-corrected chi connectivity index (χ1v) is 4.78. The standard InChI is InChI=1S/C8H14BO3.Na/c1-8-4-10-9(11-5-8,12-6-8)7-2-3-7;/h7H,2-6H2,1H3;/q-1;+1. The van der Waals surface area contributed by atoms with Gasteiger partial charge in [0.1, 0.15) is 0 Å². The van der Waals surface area contributed by atoms with Crippen LogP contribution in [0.4, 0.5) is 0 Å². The molecule has 3 aliphatic heterocycles. The first-order valence-electron chi connectivity index (χ1n) is 4.78. The van der Waals surface area contributed by atoms with Crippen molar-refractivity contribution in [1.29, 1.82) is 0 Å². The average molecular weight is 192 g/mol. The molecular weight excluding hydrogens is 178 g/mol. The molecule has 4 fully saturated rings. The van der Waals surface area contributed by atoms with Crippen molar-refractivity contribution in [3.63, 3.8) is 0 Å². The molecule has 5 heteroatoms. The Hall–Kier alpha value is 0.945. The summed E-state index contributed by atoms with van der Waals surface area (Å²) in [5.74, 6) is 0.565. The van der Waals surface area contributed by atoms with Crippen LogP contribution in [-0.2, 0) is 14.0 Å². The molecule has 4 rings (SSSR count). The quantitative estimate of drug-likeness (QED) is 0.457. The van der Waals surface area contributed by atoms with Crippen molar-refractivity contribution >= 4 is 6.75 Å². The van der Waals surface area contributed by atoms with Gasteiger partial charge < -0.3 is 14.0 Å². The zero-order chi connectivity index (χ0) is 8.23. The Morgan fingerprint density at radius 3 is 1.92 bits per heavy atom. The molecule has 0 amide bonds. The van der Waals surface area contributed by atoms with Gasteiger partial charge in [-0.15, -0.1) is 0 Å². The second kappa shape index (κ2) is 3.22. The second-order valence-corrected chi connectivity index (χ2v) is 4.78. The number of hydrogen-bond donors (Lipinski definition) is 0. The summed E-state index contributed by atoms with van der Waals surface area (Å²) in [6.45, 7) is 3.33. The Morgan fingerprint density at radius 1 is 1.08 bits per heavy atom. The van der Waals surface area contributed by atoms with Crippen molar-refractivity contribution in [1.82, 2.24) is 0 Å². The van der Waals surface area contributed by atoms with Crippen molar-refractivity contribution in [3.05, 3.63) is 0 Å². The van der Waals surface area contributed by atoms with E-state index in [-0.39, 0.29) is 35.0 Å². The van der Waals surface area contributed by atoms with Crippen molar-refractivity contribution in [2.45, 2.75) is 25.6 Å². The topological polar surface area (TPSA) is 27.7 Å². The molecule has 0 aromatic heterocycles. The van der Waals surface area contributed by atoms with Gasteiger partial charge in [0.05, 0.1) is 0 Å². The van der Waals surface area contributed by atoms with Crippen molar-refractivity contribution in [3.8, 4) is 0 Å². The largest absolute Gasteiger partial charge is 1.00 e. The molecule has 0 aromatic carbocycles. The fourth-order valence-electron chi connectivity index (χ4n) is 2.13. The van der Waals surface area contributed by atoms with E-state index < -0.39 is 6.75 Å². The van der Waals surface area contributed by atoms with E-state index in [4.69, 9.17) is 14.0 Å². The van der Waals surface area contributed by atoms with E-state index in [0.29, 0.717) is 5.82 Å². The SMILES string of the molecule is CC12CO[B-](C3CC3)(OC1)OC2.[Na+]. The number of rotatable bonds is 1. The first kappa shape index (κ1) is 10.5. The maximum Gasteiger partial charge on any atom is 1.00 e. The van der Waals surface area contributed by atoms with Gasteiger partial charge in [-0.2, -0.15) is 0 Å². The Kier molecular flexibility index (Phi) is 2.59. The molecule has 2 bridgehead atoms. The number of fused-ring (bicyclic) bond motifs is 3. The molecule has 0 aromatic rings. The maximum absolute atomic E-state index is 5.71. The van der Waals surface area contributed by atoms with Crippen molar-refractivity contribution < 1.29 is 43.5 Å². The number of hydrogen-bond acceptors (Lipinski definition) is 3. The Bertz CT molecular complexity index is 195. The van der Waals surface area contributed by atoms with Gasteiger partial charge in [-0.05, 0) is 0 Å². The molecule has 3 heterocycles. The molecule has 13 heavy (non-hydrogen) atoms. The monoisotopic (exact) mass is 192 g/mol. The molecule has 0 N–H and O–H groups in total. The van der Waals surface area contributed by atoms with E-state index in [1.54, 1.807) is 0 Å². The first-order chi connectivity index (χ1) is 5.73. The van der Waals surface area contributed by atoms with Crippen LogP contribution in [-0.4, -0.2) is 26.6 Å². The third-order valence-corrected chi connectivity index (χ3v) is 3.19. The Balaban J connectivity index is 0.000000653. The molecular formula is C8H14BNaO3. The van der Waals surface area contributed by atoms with Crippen LogP contribution in [0, 0.1) is 5.41 Å². The molecule has 4 aliphatic rings. The summed E-state index contributed by atoms with van der Waals surface area (Å²) >= 11 is 0. The third kappa shape index (κ3) is 1.62. The van der Waals surface area contributed by atoms with E-state index in [0.717, 1.165) is 19.8 Å². The zero-order valence-corrected chi connectivity index (χ0v) is 10.4. The molecule has 0 atom stereocenters. The van der Waals surface area contributed by atoms with Crippen molar-refractivity contribution in [2.75, 3.05) is 19.8 Å². The van der Waals surface area contributed by atoms with Gasteiger partial charge >= 0.3 is 36.3 Å². The van der Waals surface area contributed by atoms with Crippen LogP contribution in [0.2, 0.25) is 5.82 Å². The maximum atomic E-state index is 5.71. The van der Waals surface area contributed by atoms with Crippen LogP contribution in [0.5, 0.6) is 0 Å². The average Bonchev–Trinajstić information content (AvgIpc) is 2.89. The minimum absolute atomic E-state index is 0. The summed E-state index contributed by atoms with van der Waals surface area (Å²) < 4.78 is 17.1. The summed E-state index contributed by atoms with van der Waals surface area (Å²) in [4.78, 5) is 0. The van der Waals surface area contributed by atoms with E-state index in [1.807, 2.05) is 0 Å². The second-order valence-electron chi connectivity index (χ2n) is 4.78. The van der Waals surface area contributed by atoms with E-state index in [1.165, 1.54) is 12.8 Å². The smallest absolute Gasteiger partial charge is 0.544 e. The third-order valence-electron chi connectivity index (χ3n) is 3.19. The molecule has 1 aliphatic carbocycles.